The van der Waals surface area contributed by atoms with Crippen molar-refractivity contribution in [3.63, 3.8) is 0 Å². The highest BCUT2D eigenvalue weighted by Crippen LogP contribution is 2.39. The van der Waals surface area contributed by atoms with E-state index in [9.17, 15) is 0 Å². The number of hydrogen-bond donors (Lipinski definition) is 0. The molecule has 136 valence electrons. The Morgan fingerprint density at radius 1 is 1.00 bits per heavy atom. The van der Waals surface area contributed by atoms with Crippen molar-refractivity contribution in [3.8, 4) is 0 Å². The molecule has 1 fully saturated rings. The molecule has 2 aliphatic rings. The first-order valence-electron chi connectivity index (χ1n) is 9.75. The summed E-state index contributed by atoms with van der Waals surface area (Å²) in [5.41, 5.74) is 5.98. The van der Waals surface area contributed by atoms with Gasteiger partial charge in [-0.05, 0) is 43.5 Å². The van der Waals surface area contributed by atoms with Gasteiger partial charge in [0.05, 0.1) is 11.2 Å². The van der Waals surface area contributed by atoms with Crippen LogP contribution in [0.25, 0.3) is 10.9 Å². The number of likely N-dealkylation sites (N-methyl/N-ethyl adjacent to an activating group) is 1. The van der Waals surface area contributed by atoms with E-state index in [0.29, 0.717) is 0 Å². The van der Waals surface area contributed by atoms with Gasteiger partial charge in [-0.2, -0.15) is 0 Å². The van der Waals surface area contributed by atoms with E-state index in [1.54, 1.807) is 0 Å². The molecule has 1 saturated heterocycles. The first-order chi connectivity index (χ1) is 13.2. The largest absolute Gasteiger partial charge is 0.359 e. The molecule has 0 spiro atoms. The molecule has 4 nitrogen and oxygen atoms in total. The predicted molar refractivity (Wildman–Crippen MR) is 114 cm³/mol. The number of fused-ring (bicyclic) bond motifs is 2. The predicted octanol–water partition coefficient (Wildman–Crippen LogP) is 4.87. The zero-order valence-corrected chi connectivity index (χ0v) is 15.9. The van der Waals surface area contributed by atoms with Crippen LogP contribution in [0.3, 0.4) is 0 Å². The van der Waals surface area contributed by atoms with Crippen molar-refractivity contribution in [2.24, 2.45) is 4.99 Å². The molecule has 0 amide bonds. The fraction of sp³-hybridized carbons (Fsp3) is 0.304. The number of amidine groups is 1. The lowest BCUT2D eigenvalue weighted by Crippen LogP contribution is -2.24. The number of anilines is 2. The second-order valence-electron chi connectivity index (χ2n) is 7.57. The summed E-state index contributed by atoms with van der Waals surface area (Å²) in [4.78, 5) is 14.8. The Labute approximate surface area is 160 Å². The van der Waals surface area contributed by atoms with Crippen LogP contribution in [0.1, 0.15) is 24.0 Å². The third-order valence-electron chi connectivity index (χ3n) is 5.65. The van der Waals surface area contributed by atoms with E-state index in [2.05, 4.69) is 72.3 Å². The van der Waals surface area contributed by atoms with Crippen LogP contribution in [0.4, 0.5) is 17.2 Å². The standard InChI is InChI=1S/C23H24N4/c1-16-7-5-8-17(15-16)27-13-6-11-21(27)25-22-18-9-3-4-10-20(18)24-23-19(22)12-14-26(23)2/h3-5,7-10,15H,6,11-14H2,1-2H3. The molecular weight excluding hydrogens is 332 g/mol. The average molecular weight is 356 g/mol. The van der Waals surface area contributed by atoms with Crippen LogP contribution < -0.4 is 9.80 Å². The van der Waals surface area contributed by atoms with Crippen molar-refractivity contribution in [2.75, 3.05) is 29.9 Å². The Morgan fingerprint density at radius 3 is 2.78 bits per heavy atom. The Morgan fingerprint density at radius 2 is 1.89 bits per heavy atom. The third-order valence-corrected chi connectivity index (χ3v) is 5.65. The molecule has 0 atom stereocenters. The number of pyridine rings is 1. The lowest BCUT2D eigenvalue weighted by Gasteiger charge is -2.20. The van der Waals surface area contributed by atoms with Gasteiger partial charge in [0.15, 0.2) is 0 Å². The molecular formula is C23H24N4. The molecule has 2 aromatic carbocycles. The van der Waals surface area contributed by atoms with Crippen molar-refractivity contribution < 1.29 is 0 Å². The Balaban J connectivity index is 1.67. The highest BCUT2D eigenvalue weighted by Gasteiger charge is 2.26. The highest BCUT2D eigenvalue weighted by atomic mass is 15.2. The number of rotatable bonds is 2. The maximum Gasteiger partial charge on any atom is 0.134 e. The van der Waals surface area contributed by atoms with E-state index in [-0.39, 0.29) is 0 Å². The number of hydrogen-bond acceptors (Lipinski definition) is 3. The van der Waals surface area contributed by atoms with E-state index >= 15 is 0 Å². The normalized spacial score (nSPS) is 17.9. The van der Waals surface area contributed by atoms with Crippen LogP contribution in [-0.4, -0.2) is 31.0 Å². The van der Waals surface area contributed by atoms with Crippen molar-refractivity contribution >= 4 is 33.9 Å². The van der Waals surface area contributed by atoms with Crippen LogP contribution in [0.15, 0.2) is 53.5 Å². The maximum atomic E-state index is 5.26. The van der Waals surface area contributed by atoms with Gasteiger partial charge >= 0.3 is 0 Å². The van der Waals surface area contributed by atoms with E-state index in [1.807, 2.05) is 0 Å². The molecule has 0 radical (unpaired) electrons. The summed E-state index contributed by atoms with van der Waals surface area (Å²) in [7, 11) is 2.12. The molecule has 0 N–H and O–H groups in total. The van der Waals surface area contributed by atoms with Gasteiger partial charge in [0.25, 0.3) is 0 Å². The second-order valence-corrected chi connectivity index (χ2v) is 7.57. The molecule has 3 heterocycles. The number of aromatic nitrogens is 1. The first-order valence-corrected chi connectivity index (χ1v) is 9.75. The zero-order chi connectivity index (χ0) is 18.4. The van der Waals surface area contributed by atoms with Crippen LogP contribution in [0.2, 0.25) is 0 Å². The summed E-state index contributed by atoms with van der Waals surface area (Å²) < 4.78 is 0. The van der Waals surface area contributed by atoms with Gasteiger partial charge in [0.1, 0.15) is 11.7 Å². The summed E-state index contributed by atoms with van der Waals surface area (Å²) in [5, 5.41) is 1.16. The highest BCUT2D eigenvalue weighted by molar-refractivity contribution is 6.04. The van der Waals surface area contributed by atoms with Crippen LogP contribution >= 0.6 is 0 Å². The van der Waals surface area contributed by atoms with Crippen molar-refractivity contribution in [3.05, 3.63) is 59.7 Å². The average Bonchev–Trinajstić information content (AvgIpc) is 3.29. The lowest BCUT2D eigenvalue weighted by atomic mass is 10.1. The smallest absolute Gasteiger partial charge is 0.134 e. The van der Waals surface area contributed by atoms with Gasteiger partial charge in [0.2, 0.25) is 0 Å². The molecule has 0 saturated carbocycles. The van der Waals surface area contributed by atoms with E-state index in [4.69, 9.17) is 9.98 Å². The topological polar surface area (TPSA) is 31.7 Å². The van der Waals surface area contributed by atoms with Gasteiger partial charge in [-0.15, -0.1) is 0 Å². The quantitative estimate of drug-likeness (QED) is 0.657. The lowest BCUT2D eigenvalue weighted by molar-refractivity contribution is 0.947. The van der Waals surface area contributed by atoms with Gasteiger partial charge < -0.3 is 9.80 Å². The monoisotopic (exact) mass is 356 g/mol. The maximum absolute atomic E-state index is 5.26. The van der Waals surface area contributed by atoms with Gasteiger partial charge in [-0.25, -0.2) is 9.98 Å². The van der Waals surface area contributed by atoms with E-state index in [0.717, 1.165) is 54.8 Å². The summed E-state index contributed by atoms with van der Waals surface area (Å²) in [5.74, 6) is 2.27. The molecule has 3 aromatic rings. The summed E-state index contributed by atoms with van der Waals surface area (Å²) >= 11 is 0. The molecule has 4 heteroatoms. The Kier molecular flexibility index (Phi) is 3.85. The van der Waals surface area contributed by atoms with Crippen LogP contribution in [0.5, 0.6) is 0 Å². The summed E-state index contributed by atoms with van der Waals surface area (Å²) in [6, 6.07) is 17.1. The van der Waals surface area contributed by atoms with E-state index < -0.39 is 0 Å². The zero-order valence-electron chi connectivity index (χ0n) is 15.9. The number of aryl methyl sites for hydroxylation is 1. The number of para-hydroxylation sites is 1. The van der Waals surface area contributed by atoms with Gasteiger partial charge in [0, 0.05) is 43.2 Å². The SMILES string of the molecule is Cc1cccc(N2CCCC2=Nc2c3c(nc4ccccc24)N(C)CC3)c1. The minimum absolute atomic E-state index is 1.01. The summed E-state index contributed by atoms with van der Waals surface area (Å²) in [6.07, 6.45) is 3.19. The molecule has 2 aliphatic heterocycles. The molecule has 0 bridgehead atoms. The Hall–Kier alpha value is -2.88. The van der Waals surface area contributed by atoms with Crippen molar-refractivity contribution in [1.29, 1.82) is 0 Å². The molecule has 5 rings (SSSR count). The molecule has 1 aromatic heterocycles. The molecule has 27 heavy (non-hydrogen) atoms. The fourth-order valence-electron chi connectivity index (χ4n) is 4.26. The van der Waals surface area contributed by atoms with E-state index in [1.165, 1.54) is 22.6 Å². The molecule has 0 aliphatic carbocycles. The van der Waals surface area contributed by atoms with Crippen LogP contribution in [0, 0.1) is 6.92 Å². The minimum atomic E-state index is 1.01. The number of nitrogens with zero attached hydrogens (tertiary/aromatic N) is 4. The van der Waals surface area contributed by atoms with Gasteiger partial charge in [-0.3, -0.25) is 0 Å². The van der Waals surface area contributed by atoms with Gasteiger partial charge in [-0.1, -0.05) is 30.3 Å². The fourth-order valence-corrected chi connectivity index (χ4v) is 4.26. The second kappa shape index (κ2) is 6.38. The first kappa shape index (κ1) is 16.3. The number of benzene rings is 2. The van der Waals surface area contributed by atoms with Crippen molar-refractivity contribution in [2.45, 2.75) is 26.2 Å². The minimum Gasteiger partial charge on any atom is -0.359 e. The Bertz CT molecular complexity index is 1050. The van der Waals surface area contributed by atoms with Crippen molar-refractivity contribution in [1.82, 2.24) is 4.98 Å². The molecule has 0 unspecified atom stereocenters. The third kappa shape index (κ3) is 2.76. The number of aliphatic imine (C=N–C) groups is 1. The van der Waals surface area contributed by atoms with Crippen LogP contribution in [-0.2, 0) is 6.42 Å². The summed E-state index contributed by atoms with van der Waals surface area (Å²) in [6.45, 7) is 4.20.